The second-order valence-corrected chi connectivity index (χ2v) is 4.04. The average molecular weight is 252 g/mol. The van der Waals surface area contributed by atoms with Gasteiger partial charge in [-0.3, -0.25) is 0 Å². The lowest BCUT2D eigenvalue weighted by Crippen LogP contribution is -2.13. The lowest BCUT2D eigenvalue weighted by Gasteiger charge is -2.15. The molecule has 0 spiro atoms. The second-order valence-electron chi connectivity index (χ2n) is 3.63. The first-order chi connectivity index (χ1) is 7.36. The number of halogens is 4. The van der Waals surface area contributed by atoms with E-state index in [1.54, 1.807) is 0 Å². The van der Waals surface area contributed by atoms with Gasteiger partial charge >= 0.3 is 6.18 Å². The molecule has 0 unspecified atom stereocenters. The second kappa shape index (κ2) is 5.06. The topological polar surface area (TPSA) is 26.0 Å². The van der Waals surface area contributed by atoms with E-state index in [9.17, 15) is 13.2 Å². The summed E-state index contributed by atoms with van der Waals surface area (Å²) < 4.78 is 37.4. The SMILES string of the molecule is CCC[C@@H](N)c1cc(C(F)(F)F)ccc1Cl. The smallest absolute Gasteiger partial charge is 0.324 e. The zero-order valence-electron chi connectivity index (χ0n) is 8.81. The van der Waals surface area contributed by atoms with Crippen molar-refractivity contribution < 1.29 is 13.2 Å². The van der Waals surface area contributed by atoms with Crippen LogP contribution >= 0.6 is 11.6 Å². The van der Waals surface area contributed by atoms with Gasteiger partial charge in [0.2, 0.25) is 0 Å². The normalized spacial score (nSPS) is 13.9. The quantitative estimate of drug-likeness (QED) is 0.858. The number of alkyl halides is 3. The predicted octanol–water partition coefficient (Wildman–Crippen LogP) is 4.16. The maximum atomic E-state index is 12.5. The molecule has 0 fully saturated rings. The summed E-state index contributed by atoms with van der Waals surface area (Å²) in [4.78, 5) is 0. The van der Waals surface area contributed by atoms with Gasteiger partial charge in [0.15, 0.2) is 0 Å². The Hall–Kier alpha value is -0.740. The summed E-state index contributed by atoms with van der Waals surface area (Å²) >= 11 is 5.83. The Labute approximate surface area is 97.4 Å². The molecule has 1 nitrogen and oxygen atoms in total. The Morgan fingerprint density at radius 3 is 2.50 bits per heavy atom. The van der Waals surface area contributed by atoms with Crippen LogP contribution in [0.2, 0.25) is 5.02 Å². The molecular weight excluding hydrogens is 239 g/mol. The summed E-state index contributed by atoms with van der Waals surface area (Å²) in [5.41, 5.74) is 5.42. The van der Waals surface area contributed by atoms with E-state index >= 15 is 0 Å². The van der Waals surface area contributed by atoms with Crippen LogP contribution in [0.5, 0.6) is 0 Å². The van der Waals surface area contributed by atoms with Crippen LogP contribution < -0.4 is 5.73 Å². The van der Waals surface area contributed by atoms with Crippen molar-refractivity contribution in [2.75, 3.05) is 0 Å². The van der Waals surface area contributed by atoms with Crippen molar-refractivity contribution in [1.82, 2.24) is 0 Å². The van der Waals surface area contributed by atoms with E-state index in [-0.39, 0.29) is 5.02 Å². The fraction of sp³-hybridized carbons (Fsp3) is 0.455. The molecular formula is C11H13ClF3N. The zero-order chi connectivity index (χ0) is 12.3. The third-order valence-electron chi connectivity index (χ3n) is 2.32. The van der Waals surface area contributed by atoms with Gasteiger partial charge in [-0.2, -0.15) is 13.2 Å². The Bertz CT molecular complexity index is 363. The van der Waals surface area contributed by atoms with Crippen LogP contribution in [0.1, 0.15) is 36.9 Å². The molecule has 16 heavy (non-hydrogen) atoms. The van der Waals surface area contributed by atoms with Crippen LogP contribution in [0.3, 0.4) is 0 Å². The average Bonchev–Trinajstić information content (AvgIpc) is 2.16. The summed E-state index contributed by atoms with van der Waals surface area (Å²) in [7, 11) is 0. The van der Waals surface area contributed by atoms with Crippen LogP contribution in [0.15, 0.2) is 18.2 Å². The van der Waals surface area contributed by atoms with E-state index in [2.05, 4.69) is 0 Å². The third kappa shape index (κ3) is 3.12. The van der Waals surface area contributed by atoms with Gasteiger partial charge in [0.05, 0.1) is 5.56 Å². The van der Waals surface area contributed by atoms with Crippen LogP contribution in [0.4, 0.5) is 13.2 Å². The largest absolute Gasteiger partial charge is 0.416 e. The van der Waals surface area contributed by atoms with Gasteiger partial charge in [0.25, 0.3) is 0 Å². The van der Waals surface area contributed by atoms with Gasteiger partial charge in [-0.05, 0) is 30.2 Å². The molecule has 0 bridgehead atoms. The van der Waals surface area contributed by atoms with Crippen LogP contribution in [-0.2, 0) is 6.18 Å². The number of hydrogen-bond donors (Lipinski definition) is 1. The molecule has 0 amide bonds. The Morgan fingerprint density at radius 2 is 2.00 bits per heavy atom. The van der Waals surface area contributed by atoms with Crippen molar-refractivity contribution in [3.8, 4) is 0 Å². The lowest BCUT2D eigenvalue weighted by atomic mass is 10.0. The fourth-order valence-corrected chi connectivity index (χ4v) is 1.73. The first kappa shape index (κ1) is 13.3. The van der Waals surface area contributed by atoms with Gasteiger partial charge in [0, 0.05) is 11.1 Å². The van der Waals surface area contributed by atoms with Crippen molar-refractivity contribution in [2.45, 2.75) is 32.0 Å². The highest BCUT2D eigenvalue weighted by atomic mass is 35.5. The highest BCUT2D eigenvalue weighted by Gasteiger charge is 2.31. The zero-order valence-corrected chi connectivity index (χ0v) is 9.57. The Balaban J connectivity index is 3.09. The minimum absolute atomic E-state index is 0.286. The molecule has 1 aromatic carbocycles. The highest BCUT2D eigenvalue weighted by molar-refractivity contribution is 6.31. The van der Waals surface area contributed by atoms with E-state index in [0.29, 0.717) is 12.0 Å². The third-order valence-corrected chi connectivity index (χ3v) is 2.67. The molecule has 1 rings (SSSR count). The molecule has 5 heteroatoms. The number of nitrogens with two attached hydrogens (primary N) is 1. The molecule has 0 saturated heterocycles. The minimum atomic E-state index is -4.36. The standard InChI is InChI=1S/C11H13ClF3N/c1-2-3-10(16)8-6-7(11(13,14)15)4-5-9(8)12/h4-6,10H,2-3,16H2,1H3/t10-/m1/s1. The van der Waals surface area contributed by atoms with Crippen molar-refractivity contribution in [3.05, 3.63) is 34.3 Å². The molecule has 0 radical (unpaired) electrons. The van der Waals surface area contributed by atoms with Gasteiger partial charge in [-0.1, -0.05) is 24.9 Å². The van der Waals surface area contributed by atoms with Crippen LogP contribution in [0.25, 0.3) is 0 Å². The Morgan fingerprint density at radius 1 is 1.38 bits per heavy atom. The summed E-state index contributed by atoms with van der Waals surface area (Å²) in [6.07, 6.45) is -2.94. The van der Waals surface area contributed by atoms with Crippen molar-refractivity contribution in [1.29, 1.82) is 0 Å². The van der Waals surface area contributed by atoms with Crippen LogP contribution in [-0.4, -0.2) is 0 Å². The molecule has 0 aliphatic heterocycles. The Kier molecular flexibility index (Phi) is 4.21. The van der Waals surface area contributed by atoms with Gasteiger partial charge in [-0.25, -0.2) is 0 Å². The number of rotatable bonds is 3. The van der Waals surface area contributed by atoms with Crippen molar-refractivity contribution >= 4 is 11.6 Å². The first-order valence-corrected chi connectivity index (χ1v) is 5.36. The minimum Gasteiger partial charge on any atom is -0.324 e. The lowest BCUT2D eigenvalue weighted by molar-refractivity contribution is -0.137. The molecule has 90 valence electrons. The molecule has 0 aliphatic carbocycles. The maximum Gasteiger partial charge on any atom is 0.416 e. The van der Waals surface area contributed by atoms with Gasteiger partial charge < -0.3 is 5.73 Å². The number of hydrogen-bond acceptors (Lipinski definition) is 1. The molecule has 0 heterocycles. The maximum absolute atomic E-state index is 12.5. The molecule has 0 saturated carbocycles. The monoisotopic (exact) mass is 251 g/mol. The molecule has 0 aliphatic rings. The molecule has 1 aromatic rings. The fourth-order valence-electron chi connectivity index (χ4n) is 1.47. The van der Waals surface area contributed by atoms with E-state index in [1.807, 2.05) is 6.92 Å². The van der Waals surface area contributed by atoms with Crippen molar-refractivity contribution in [2.24, 2.45) is 5.73 Å². The van der Waals surface area contributed by atoms with E-state index in [1.165, 1.54) is 6.07 Å². The van der Waals surface area contributed by atoms with E-state index < -0.39 is 17.8 Å². The summed E-state index contributed by atoms with van der Waals surface area (Å²) in [5.74, 6) is 0. The summed E-state index contributed by atoms with van der Waals surface area (Å²) in [5, 5.41) is 0.286. The first-order valence-electron chi connectivity index (χ1n) is 4.98. The highest BCUT2D eigenvalue weighted by Crippen LogP contribution is 2.34. The van der Waals surface area contributed by atoms with Crippen molar-refractivity contribution in [3.63, 3.8) is 0 Å². The predicted molar refractivity (Wildman–Crippen MR) is 58.3 cm³/mol. The van der Waals surface area contributed by atoms with E-state index in [0.717, 1.165) is 18.6 Å². The molecule has 2 N–H and O–H groups in total. The summed E-state index contributed by atoms with van der Waals surface area (Å²) in [6, 6.07) is 2.79. The van der Waals surface area contributed by atoms with Gasteiger partial charge in [-0.15, -0.1) is 0 Å². The van der Waals surface area contributed by atoms with Crippen LogP contribution in [0, 0.1) is 0 Å². The van der Waals surface area contributed by atoms with E-state index in [4.69, 9.17) is 17.3 Å². The number of benzene rings is 1. The molecule has 1 atom stereocenters. The molecule has 0 aromatic heterocycles. The summed E-state index contributed by atoms with van der Waals surface area (Å²) in [6.45, 7) is 1.92. The van der Waals surface area contributed by atoms with Gasteiger partial charge in [0.1, 0.15) is 0 Å².